The van der Waals surface area contributed by atoms with Crippen molar-refractivity contribution in [2.45, 2.75) is 32.6 Å². The van der Waals surface area contributed by atoms with Crippen LogP contribution in [0.2, 0.25) is 0 Å². The third kappa shape index (κ3) is 4.17. The summed E-state index contributed by atoms with van der Waals surface area (Å²) < 4.78 is 0. The first kappa shape index (κ1) is 14.7. The Morgan fingerprint density at radius 1 is 1.10 bits per heavy atom. The molecule has 0 unspecified atom stereocenters. The van der Waals surface area contributed by atoms with E-state index in [0.717, 1.165) is 18.4 Å². The number of aryl methyl sites for hydroxylation is 2. The molecule has 0 radical (unpaired) electrons. The molecule has 1 aliphatic rings. The van der Waals surface area contributed by atoms with Gasteiger partial charge in [-0.15, -0.1) is 0 Å². The van der Waals surface area contributed by atoms with E-state index in [1.165, 1.54) is 30.9 Å². The van der Waals surface area contributed by atoms with E-state index in [0.29, 0.717) is 19.6 Å². The number of fused-ring (bicyclic) bond motifs is 1. The molecule has 0 bridgehead atoms. The third-order valence-electron chi connectivity index (χ3n) is 3.63. The fraction of sp³-hybridized carbons (Fsp3) is 0.500. The Morgan fingerprint density at radius 2 is 1.85 bits per heavy atom. The van der Waals surface area contributed by atoms with Crippen LogP contribution in [0.3, 0.4) is 0 Å². The summed E-state index contributed by atoms with van der Waals surface area (Å²) in [5.41, 5.74) is 3.52. The maximum atomic E-state index is 12.1. The van der Waals surface area contributed by atoms with E-state index < -0.39 is 0 Å². The minimum Gasteiger partial charge on any atom is -0.355 e. The summed E-state index contributed by atoms with van der Waals surface area (Å²) in [6.45, 7) is 2.96. The molecule has 2 N–H and O–H groups in total. The first-order valence-corrected chi connectivity index (χ1v) is 7.27. The van der Waals surface area contributed by atoms with Crippen molar-refractivity contribution in [1.29, 1.82) is 0 Å². The molecule has 20 heavy (non-hydrogen) atoms. The fourth-order valence-corrected chi connectivity index (χ4v) is 2.54. The van der Waals surface area contributed by atoms with E-state index in [-0.39, 0.29) is 11.7 Å². The van der Waals surface area contributed by atoms with Crippen LogP contribution in [0.5, 0.6) is 0 Å². The summed E-state index contributed by atoms with van der Waals surface area (Å²) in [5.74, 6) is 0.0639. The van der Waals surface area contributed by atoms with Crippen molar-refractivity contribution in [3.05, 3.63) is 34.9 Å². The molecule has 0 fully saturated rings. The number of Topliss-reactive ketones (excluding diaryl/α,β-unsaturated/α-hetero) is 1. The van der Waals surface area contributed by atoms with E-state index >= 15 is 0 Å². The second-order valence-corrected chi connectivity index (χ2v) is 5.27. The van der Waals surface area contributed by atoms with Gasteiger partial charge in [0, 0.05) is 25.6 Å². The first-order valence-electron chi connectivity index (χ1n) is 7.27. The fourth-order valence-electron chi connectivity index (χ4n) is 2.54. The number of hydrogen-bond donors (Lipinski definition) is 2. The minimum absolute atomic E-state index is 0.0483. The molecule has 1 aromatic rings. The second kappa shape index (κ2) is 7.20. The molecule has 0 saturated carbocycles. The van der Waals surface area contributed by atoms with Crippen LogP contribution in [0.15, 0.2) is 18.2 Å². The highest BCUT2D eigenvalue weighted by molar-refractivity contribution is 5.97. The molecule has 0 atom stereocenters. The summed E-state index contributed by atoms with van der Waals surface area (Å²) in [6, 6.07) is 6.08. The van der Waals surface area contributed by atoms with Crippen molar-refractivity contribution in [2.24, 2.45) is 0 Å². The van der Waals surface area contributed by atoms with E-state index in [2.05, 4.69) is 16.7 Å². The zero-order valence-corrected chi connectivity index (χ0v) is 12.0. The van der Waals surface area contributed by atoms with Gasteiger partial charge in [0.1, 0.15) is 0 Å². The van der Waals surface area contributed by atoms with Crippen LogP contribution in [0.25, 0.3) is 0 Å². The predicted molar refractivity (Wildman–Crippen MR) is 79.0 cm³/mol. The molecule has 0 spiro atoms. The average molecular weight is 274 g/mol. The van der Waals surface area contributed by atoms with Crippen LogP contribution < -0.4 is 10.6 Å². The third-order valence-corrected chi connectivity index (χ3v) is 3.63. The number of amides is 1. The van der Waals surface area contributed by atoms with Crippen LogP contribution in [0.4, 0.5) is 0 Å². The van der Waals surface area contributed by atoms with E-state index in [1.807, 2.05) is 12.1 Å². The van der Waals surface area contributed by atoms with E-state index in [9.17, 15) is 9.59 Å². The highest BCUT2D eigenvalue weighted by Gasteiger charge is 2.12. The average Bonchev–Trinajstić information content (AvgIpc) is 2.46. The van der Waals surface area contributed by atoms with Gasteiger partial charge in [-0.2, -0.15) is 0 Å². The second-order valence-electron chi connectivity index (χ2n) is 5.27. The molecule has 108 valence electrons. The number of benzene rings is 1. The highest BCUT2D eigenvalue weighted by atomic mass is 16.1. The molecule has 0 aromatic heterocycles. The van der Waals surface area contributed by atoms with Crippen molar-refractivity contribution < 1.29 is 9.59 Å². The Labute approximate surface area is 119 Å². The SMILES string of the molecule is CC(=O)NCCNCC(=O)c1ccc2c(c1)CCCC2. The van der Waals surface area contributed by atoms with Crippen LogP contribution in [-0.4, -0.2) is 31.3 Å². The summed E-state index contributed by atoms with van der Waals surface area (Å²) in [7, 11) is 0. The van der Waals surface area contributed by atoms with Crippen molar-refractivity contribution in [2.75, 3.05) is 19.6 Å². The van der Waals surface area contributed by atoms with E-state index in [1.54, 1.807) is 0 Å². The van der Waals surface area contributed by atoms with Gasteiger partial charge in [-0.1, -0.05) is 12.1 Å². The number of carbonyl (C=O) groups excluding carboxylic acids is 2. The molecule has 4 nitrogen and oxygen atoms in total. The van der Waals surface area contributed by atoms with Gasteiger partial charge < -0.3 is 10.6 Å². The molecule has 1 aromatic carbocycles. The van der Waals surface area contributed by atoms with Crippen molar-refractivity contribution in [3.8, 4) is 0 Å². The molecule has 2 rings (SSSR count). The van der Waals surface area contributed by atoms with Gasteiger partial charge in [-0.3, -0.25) is 9.59 Å². The van der Waals surface area contributed by atoms with E-state index in [4.69, 9.17) is 0 Å². The van der Waals surface area contributed by atoms with Crippen LogP contribution in [-0.2, 0) is 17.6 Å². The maximum absolute atomic E-state index is 12.1. The Kier molecular flexibility index (Phi) is 5.30. The number of ketones is 1. The van der Waals surface area contributed by atoms with Crippen molar-refractivity contribution >= 4 is 11.7 Å². The van der Waals surface area contributed by atoms with Crippen LogP contribution in [0, 0.1) is 0 Å². The van der Waals surface area contributed by atoms with Crippen LogP contribution in [0.1, 0.15) is 41.3 Å². The summed E-state index contributed by atoms with van der Waals surface area (Å²) >= 11 is 0. The Balaban J connectivity index is 1.82. The lowest BCUT2D eigenvalue weighted by Crippen LogP contribution is -2.33. The number of nitrogens with one attached hydrogen (secondary N) is 2. The lowest BCUT2D eigenvalue weighted by atomic mass is 9.90. The quantitative estimate of drug-likeness (QED) is 0.610. The number of carbonyl (C=O) groups is 2. The van der Waals surface area contributed by atoms with Gasteiger partial charge in [0.25, 0.3) is 0 Å². The van der Waals surface area contributed by atoms with Crippen LogP contribution >= 0.6 is 0 Å². The highest BCUT2D eigenvalue weighted by Crippen LogP contribution is 2.22. The van der Waals surface area contributed by atoms with Gasteiger partial charge in [0.05, 0.1) is 6.54 Å². The number of rotatable bonds is 6. The molecular weight excluding hydrogens is 252 g/mol. The summed E-state index contributed by atoms with van der Waals surface area (Å²) in [6.07, 6.45) is 4.70. The smallest absolute Gasteiger partial charge is 0.216 e. The topological polar surface area (TPSA) is 58.2 Å². The predicted octanol–water partition coefficient (Wildman–Crippen LogP) is 1.47. The zero-order chi connectivity index (χ0) is 14.4. The summed E-state index contributed by atoms with van der Waals surface area (Å²) in [4.78, 5) is 22.8. The minimum atomic E-state index is -0.0483. The van der Waals surface area contributed by atoms with Gasteiger partial charge >= 0.3 is 0 Å². The Morgan fingerprint density at radius 3 is 2.60 bits per heavy atom. The molecule has 1 aliphatic carbocycles. The molecule has 0 saturated heterocycles. The zero-order valence-electron chi connectivity index (χ0n) is 12.0. The van der Waals surface area contributed by atoms with Gasteiger partial charge in [-0.05, 0) is 42.9 Å². The Bertz CT molecular complexity index is 497. The van der Waals surface area contributed by atoms with Gasteiger partial charge in [0.15, 0.2) is 5.78 Å². The molecular formula is C16H22N2O2. The summed E-state index contributed by atoms with van der Waals surface area (Å²) in [5, 5.41) is 5.74. The molecule has 0 heterocycles. The molecule has 4 heteroatoms. The monoisotopic (exact) mass is 274 g/mol. The Hall–Kier alpha value is -1.68. The normalized spacial score (nSPS) is 13.7. The lowest BCUT2D eigenvalue weighted by molar-refractivity contribution is -0.118. The van der Waals surface area contributed by atoms with Crippen molar-refractivity contribution in [1.82, 2.24) is 10.6 Å². The molecule has 0 aliphatic heterocycles. The lowest BCUT2D eigenvalue weighted by Gasteiger charge is -2.16. The number of hydrogen-bond acceptors (Lipinski definition) is 3. The molecule has 1 amide bonds. The van der Waals surface area contributed by atoms with Gasteiger partial charge in [0.2, 0.25) is 5.91 Å². The van der Waals surface area contributed by atoms with Crippen molar-refractivity contribution in [3.63, 3.8) is 0 Å². The maximum Gasteiger partial charge on any atom is 0.216 e. The van der Waals surface area contributed by atoms with Gasteiger partial charge in [-0.25, -0.2) is 0 Å². The standard InChI is InChI=1S/C16H22N2O2/c1-12(19)18-9-8-17-11-16(20)15-7-6-13-4-2-3-5-14(13)10-15/h6-7,10,17H,2-5,8-9,11H2,1H3,(H,18,19). The first-order chi connectivity index (χ1) is 9.66. The largest absolute Gasteiger partial charge is 0.355 e.